The fraction of sp³-hybridized carbons (Fsp3) is 0.250. The Balaban J connectivity index is 2.86. The van der Waals surface area contributed by atoms with Gasteiger partial charge in [0.2, 0.25) is 10.0 Å². The van der Waals surface area contributed by atoms with E-state index in [4.69, 9.17) is 11.6 Å². The zero-order valence-electron chi connectivity index (χ0n) is 7.50. The molecular weight excluding hydrogens is 416 g/mol. The first-order chi connectivity index (χ1) is 6.94. The lowest BCUT2D eigenvalue weighted by Crippen LogP contribution is -2.17. The van der Waals surface area contributed by atoms with E-state index < -0.39 is 10.0 Å². The summed E-state index contributed by atoms with van der Waals surface area (Å²) in [5, 5.41) is 0. The van der Waals surface area contributed by atoms with Crippen LogP contribution in [0.5, 0.6) is 0 Å². The van der Waals surface area contributed by atoms with Gasteiger partial charge in [0, 0.05) is 19.6 Å². The van der Waals surface area contributed by atoms with Gasteiger partial charge in [0.1, 0.15) is 0 Å². The minimum Gasteiger partial charge on any atom is -0.283 e. The van der Waals surface area contributed by atoms with E-state index in [-0.39, 0.29) is 11.6 Å². The van der Waals surface area contributed by atoms with Crippen molar-refractivity contribution >= 4 is 65.8 Å². The Morgan fingerprint density at radius 1 is 1.47 bits per heavy atom. The predicted molar refractivity (Wildman–Crippen MR) is 75.0 cm³/mol. The molecule has 0 aliphatic heterocycles. The summed E-state index contributed by atoms with van der Waals surface area (Å²) < 4.78 is 27.1. The number of alkyl halides is 1. The molecule has 0 saturated carbocycles. The molecule has 1 aromatic carbocycles. The second-order valence-electron chi connectivity index (χ2n) is 2.74. The molecule has 0 aliphatic carbocycles. The van der Waals surface area contributed by atoms with Gasteiger partial charge in [-0.15, -0.1) is 11.6 Å². The highest BCUT2D eigenvalue weighted by molar-refractivity contribution is 14.1. The number of anilines is 1. The molecule has 0 spiro atoms. The lowest BCUT2D eigenvalue weighted by Gasteiger charge is -2.07. The molecular formula is C8H8BrClINO2S. The molecule has 0 radical (unpaired) electrons. The zero-order valence-corrected chi connectivity index (χ0v) is 12.8. The predicted octanol–water partition coefficient (Wildman–Crippen LogP) is 3.03. The summed E-state index contributed by atoms with van der Waals surface area (Å²) in [6, 6.07) is 5.23. The Bertz CT molecular complexity index is 452. The Kier molecular flexibility index (Phi) is 5.14. The third-order valence-corrected chi connectivity index (χ3v) is 5.57. The van der Waals surface area contributed by atoms with Gasteiger partial charge in [0.05, 0.1) is 5.75 Å². The van der Waals surface area contributed by atoms with E-state index in [1.807, 2.05) is 0 Å². The SMILES string of the molecule is O=S(=O)(CCCl)Nc1ccc(Br)c(I)c1. The largest absolute Gasteiger partial charge is 0.283 e. The molecule has 15 heavy (non-hydrogen) atoms. The number of nitrogens with one attached hydrogen (secondary N) is 1. The van der Waals surface area contributed by atoms with Gasteiger partial charge >= 0.3 is 0 Å². The van der Waals surface area contributed by atoms with E-state index in [1.54, 1.807) is 18.2 Å². The van der Waals surface area contributed by atoms with E-state index >= 15 is 0 Å². The number of benzene rings is 1. The van der Waals surface area contributed by atoms with Gasteiger partial charge in [0.25, 0.3) is 0 Å². The van der Waals surface area contributed by atoms with Crippen LogP contribution in [-0.4, -0.2) is 20.1 Å². The monoisotopic (exact) mass is 423 g/mol. The lowest BCUT2D eigenvalue weighted by molar-refractivity contribution is 0.602. The summed E-state index contributed by atoms with van der Waals surface area (Å²) in [6.07, 6.45) is 0. The van der Waals surface area contributed by atoms with Crippen molar-refractivity contribution in [2.24, 2.45) is 0 Å². The fourth-order valence-corrected chi connectivity index (χ4v) is 3.05. The summed E-state index contributed by atoms with van der Waals surface area (Å²) in [7, 11) is -3.31. The molecule has 0 saturated heterocycles. The zero-order chi connectivity index (χ0) is 11.5. The second-order valence-corrected chi connectivity index (χ2v) is 6.98. The van der Waals surface area contributed by atoms with Crippen LogP contribution in [0.1, 0.15) is 0 Å². The maximum Gasteiger partial charge on any atom is 0.233 e. The molecule has 1 N–H and O–H groups in total. The van der Waals surface area contributed by atoms with Crippen molar-refractivity contribution in [3.05, 3.63) is 26.2 Å². The highest BCUT2D eigenvalue weighted by Gasteiger charge is 2.09. The highest BCUT2D eigenvalue weighted by Crippen LogP contribution is 2.23. The smallest absolute Gasteiger partial charge is 0.233 e. The molecule has 1 aromatic rings. The van der Waals surface area contributed by atoms with Gasteiger partial charge in [-0.25, -0.2) is 8.42 Å². The summed E-state index contributed by atoms with van der Waals surface area (Å²) in [5.74, 6) is 0.00412. The van der Waals surface area contributed by atoms with E-state index in [0.29, 0.717) is 5.69 Å². The molecule has 0 heterocycles. The molecule has 0 atom stereocenters. The van der Waals surface area contributed by atoms with Crippen LogP contribution in [0.2, 0.25) is 0 Å². The van der Waals surface area contributed by atoms with Crippen molar-refractivity contribution in [1.82, 2.24) is 0 Å². The van der Waals surface area contributed by atoms with Gasteiger partial charge < -0.3 is 0 Å². The summed E-state index contributed by atoms with van der Waals surface area (Å²) in [6.45, 7) is 0. The molecule has 3 nitrogen and oxygen atoms in total. The molecule has 0 aliphatic rings. The molecule has 0 fully saturated rings. The van der Waals surface area contributed by atoms with Crippen LogP contribution in [0.4, 0.5) is 5.69 Å². The average Bonchev–Trinajstić information content (AvgIpc) is 2.10. The number of rotatable bonds is 4. The Hall–Kier alpha value is 0.470. The first-order valence-corrected chi connectivity index (χ1v) is 8.02. The highest BCUT2D eigenvalue weighted by atomic mass is 127. The third kappa shape index (κ3) is 4.46. The lowest BCUT2D eigenvalue weighted by atomic mass is 10.3. The van der Waals surface area contributed by atoms with Crippen LogP contribution >= 0.6 is 50.1 Å². The van der Waals surface area contributed by atoms with Crippen molar-refractivity contribution in [2.75, 3.05) is 16.4 Å². The van der Waals surface area contributed by atoms with Crippen LogP contribution in [0, 0.1) is 3.57 Å². The third-order valence-electron chi connectivity index (χ3n) is 1.54. The maximum atomic E-state index is 11.4. The van der Waals surface area contributed by atoms with Gasteiger partial charge in [0.15, 0.2) is 0 Å². The van der Waals surface area contributed by atoms with Crippen molar-refractivity contribution < 1.29 is 8.42 Å². The Morgan fingerprint density at radius 3 is 2.67 bits per heavy atom. The molecule has 84 valence electrons. The van der Waals surface area contributed by atoms with Crippen molar-refractivity contribution in [3.8, 4) is 0 Å². The number of hydrogen-bond acceptors (Lipinski definition) is 2. The maximum absolute atomic E-state index is 11.4. The minimum atomic E-state index is -3.31. The van der Waals surface area contributed by atoms with E-state index in [0.717, 1.165) is 8.04 Å². The fourth-order valence-electron chi connectivity index (χ4n) is 0.892. The number of sulfonamides is 1. The van der Waals surface area contributed by atoms with Gasteiger partial charge in [-0.05, 0) is 56.7 Å². The Morgan fingerprint density at radius 2 is 2.13 bits per heavy atom. The van der Waals surface area contributed by atoms with Crippen LogP contribution in [0.3, 0.4) is 0 Å². The van der Waals surface area contributed by atoms with Crippen molar-refractivity contribution in [3.63, 3.8) is 0 Å². The van der Waals surface area contributed by atoms with Gasteiger partial charge in [-0.3, -0.25) is 4.72 Å². The van der Waals surface area contributed by atoms with E-state index in [2.05, 4.69) is 43.2 Å². The van der Waals surface area contributed by atoms with Crippen LogP contribution in [0.15, 0.2) is 22.7 Å². The molecule has 0 bridgehead atoms. The van der Waals surface area contributed by atoms with Crippen LogP contribution < -0.4 is 4.72 Å². The standard InChI is InChI=1S/C8H8BrClINO2S/c9-7-2-1-6(5-8(7)11)12-15(13,14)4-3-10/h1-2,5,12H,3-4H2. The van der Waals surface area contributed by atoms with E-state index in [1.165, 1.54) is 0 Å². The van der Waals surface area contributed by atoms with E-state index in [9.17, 15) is 8.42 Å². The van der Waals surface area contributed by atoms with Crippen molar-refractivity contribution in [2.45, 2.75) is 0 Å². The number of halogens is 3. The number of hydrogen-bond donors (Lipinski definition) is 1. The quantitative estimate of drug-likeness (QED) is 0.597. The molecule has 7 heteroatoms. The molecule has 0 unspecified atom stereocenters. The van der Waals surface area contributed by atoms with Gasteiger partial charge in [-0.2, -0.15) is 0 Å². The van der Waals surface area contributed by atoms with Crippen LogP contribution in [0.25, 0.3) is 0 Å². The first kappa shape index (κ1) is 13.5. The topological polar surface area (TPSA) is 46.2 Å². The average molecular weight is 424 g/mol. The van der Waals surface area contributed by atoms with Gasteiger partial charge in [-0.1, -0.05) is 0 Å². The summed E-state index contributed by atoms with van der Waals surface area (Å²) in [4.78, 5) is 0. The molecule has 0 amide bonds. The summed E-state index contributed by atoms with van der Waals surface area (Å²) >= 11 is 10.8. The molecule has 1 rings (SSSR count). The summed E-state index contributed by atoms with van der Waals surface area (Å²) in [5.41, 5.74) is 0.549. The van der Waals surface area contributed by atoms with Crippen molar-refractivity contribution in [1.29, 1.82) is 0 Å². The second kappa shape index (κ2) is 5.70. The first-order valence-electron chi connectivity index (χ1n) is 3.96. The minimum absolute atomic E-state index is 0.0821. The normalized spacial score (nSPS) is 11.4. The molecule has 0 aromatic heterocycles. The van der Waals surface area contributed by atoms with Crippen LogP contribution in [-0.2, 0) is 10.0 Å². The Labute approximate surface area is 116 Å².